The molecule has 0 aromatic heterocycles. The van der Waals surface area contributed by atoms with E-state index in [0.717, 1.165) is 21.2 Å². The Kier molecular flexibility index (Phi) is 11.7. The van der Waals surface area contributed by atoms with Gasteiger partial charge in [0.25, 0.3) is 5.91 Å². The van der Waals surface area contributed by atoms with Crippen molar-refractivity contribution in [2.75, 3.05) is 26.4 Å². The Hall–Kier alpha value is -3.46. The molecule has 42 heavy (non-hydrogen) atoms. The molecular formula is C34H39BrN2O5. The van der Waals surface area contributed by atoms with Gasteiger partial charge in [0.1, 0.15) is 5.75 Å². The molecule has 2 atom stereocenters. The number of nitrogens with zero attached hydrogens (tertiary/aromatic N) is 1. The van der Waals surface area contributed by atoms with Crippen LogP contribution in [0.15, 0.2) is 94.4 Å². The summed E-state index contributed by atoms with van der Waals surface area (Å²) in [6.45, 7) is 5.51. The monoisotopic (exact) mass is 634 g/mol. The van der Waals surface area contributed by atoms with Crippen molar-refractivity contribution in [3.63, 3.8) is 0 Å². The van der Waals surface area contributed by atoms with Gasteiger partial charge in [0.05, 0.1) is 12.7 Å². The average molecular weight is 636 g/mol. The second-order valence-electron chi connectivity index (χ2n) is 10.4. The molecule has 0 aliphatic carbocycles. The molecule has 222 valence electrons. The van der Waals surface area contributed by atoms with Crippen LogP contribution in [0.3, 0.4) is 0 Å². The van der Waals surface area contributed by atoms with Crippen LogP contribution >= 0.6 is 15.9 Å². The summed E-state index contributed by atoms with van der Waals surface area (Å²) in [4.78, 5) is 19.2. The molecule has 0 spiro atoms. The highest BCUT2D eigenvalue weighted by Crippen LogP contribution is 2.45. The smallest absolute Gasteiger partial charge is 0.252 e. The Morgan fingerprint density at radius 1 is 1.05 bits per heavy atom. The van der Waals surface area contributed by atoms with E-state index in [1.807, 2.05) is 105 Å². The molecule has 1 amide bonds. The van der Waals surface area contributed by atoms with E-state index >= 15 is 0 Å². The Labute approximate surface area is 256 Å². The van der Waals surface area contributed by atoms with Crippen LogP contribution in [-0.4, -0.2) is 54.9 Å². The first-order valence-electron chi connectivity index (χ1n) is 14.4. The van der Waals surface area contributed by atoms with Crippen molar-refractivity contribution in [1.82, 2.24) is 5.32 Å². The van der Waals surface area contributed by atoms with Gasteiger partial charge < -0.3 is 24.6 Å². The third-order valence-corrected chi connectivity index (χ3v) is 7.54. The lowest BCUT2D eigenvalue weighted by Crippen LogP contribution is -2.48. The van der Waals surface area contributed by atoms with E-state index in [4.69, 9.17) is 24.3 Å². The normalized spacial score (nSPS) is 18.2. The molecule has 0 unspecified atom stereocenters. The summed E-state index contributed by atoms with van der Waals surface area (Å²) in [5.41, 5.74) is 1.37. The van der Waals surface area contributed by atoms with Crippen LogP contribution in [-0.2, 0) is 14.3 Å². The number of carbonyl (C=O) groups is 1. The first kappa shape index (κ1) is 31.5. The molecule has 1 aliphatic rings. The molecule has 0 bridgehead atoms. The second-order valence-corrected chi connectivity index (χ2v) is 11.2. The molecule has 0 saturated heterocycles. The van der Waals surface area contributed by atoms with Gasteiger partial charge in [-0.15, -0.1) is 0 Å². The summed E-state index contributed by atoms with van der Waals surface area (Å²) in [5.74, 6) is 0.875. The van der Waals surface area contributed by atoms with Crippen LogP contribution in [0.25, 0.3) is 6.08 Å². The molecule has 1 heterocycles. The first-order valence-corrected chi connectivity index (χ1v) is 15.2. The number of carbonyl (C=O) groups excluding carboxylic acids is 1. The van der Waals surface area contributed by atoms with Gasteiger partial charge in [0.15, 0.2) is 11.6 Å². The van der Waals surface area contributed by atoms with Crippen molar-refractivity contribution in [2.24, 2.45) is 4.99 Å². The summed E-state index contributed by atoms with van der Waals surface area (Å²) < 4.78 is 18.8. The van der Waals surface area contributed by atoms with E-state index in [9.17, 15) is 4.79 Å². The van der Waals surface area contributed by atoms with Crippen LogP contribution < -0.4 is 10.1 Å². The standard InChI is InChI=1S/C34H39BrN2O5/c1-25(2)40-23-9-21-36-33(39)34(20-8-13-26-11-4-3-5-12-26)31(29-14-6-7-15-30(29)35)42-32(37-34)27-16-18-28(19-17-27)41-24-10-22-38/h3-8,11-19,25,31,38H,9-10,20-24H2,1-2H3,(H,36,39)/b13-8+/t31-,34-/m1/s1. The number of hydrogen-bond donors (Lipinski definition) is 2. The molecule has 7 nitrogen and oxygen atoms in total. The highest BCUT2D eigenvalue weighted by atomic mass is 79.9. The topological polar surface area (TPSA) is 89.4 Å². The summed E-state index contributed by atoms with van der Waals surface area (Å²) in [6, 6.07) is 25.2. The maximum absolute atomic E-state index is 14.2. The number of nitrogens with one attached hydrogen (secondary N) is 1. The number of aliphatic imine (C=N–C) groups is 1. The molecule has 3 aromatic carbocycles. The third kappa shape index (κ3) is 8.31. The maximum Gasteiger partial charge on any atom is 0.252 e. The highest BCUT2D eigenvalue weighted by molar-refractivity contribution is 9.10. The van der Waals surface area contributed by atoms with Gasteiger partial charge in [-0.2, -0.15) is 0 Å². The van der Waals surface area contributed by atoms with Crippen molar-refractivity contribution in [3.8, 4) is 5.75 Å². The minimum atomic E-state index is -1.25. The maximum atomic E-state index is 14.2. The van der Waals surface area contributed by atoms with Crippen molar-refractivity contribution < 1.29 is 24.1 Å². The number of ether oxygens (including phenoxy) is 3. The predicted molar refractivity (Wildman–Crippen MR) is 170 cm³/mol. The minimum absolute atomic E-state index is 0.0762. The Balaban J connectivity index is 1.68. The van der Waals surface area contributed by atoms with Crippen molar-refractivity contribution in [1.29, 1.82) is 0 Å². The number of aliphatic hydroxyl groups is 1. The van der Waals surface area contributed by atoms with E-state index in [1.165, 1.54) is 0 Å². The molecule has 0 radical (unpaired) electrons. The van der Waals surface area contributed by atoms with E-state index in [-0.39, 0.29) is 18.6 Å². The minimum Gasteiger partial charge on any atom is -0.494 e. The van der Waals surface area contributed by atoms with E-state index < -0.39 is 11.6 Å². The van der Waals surface area contributed by atoms with E-state index in [1.54, 1.807) is 0 Å². The first-order chi connectivity index (χ1) is 20.4. The Bertz CT molecular complexity index is 1340. The SMILES string of the molecule is CC(C)OCCCNC(=O)[C@]1(C/C=C/c2ccccc2)N=C(c2ccc(OCCCO)cc2)O[C@@H]1c1ccccc1Br. The highest BCUT2D eigenvalue weighted by Gasteiger charge is 2.53. The molecular weight excluding hydrogens is 596 g/mol. The van der Waals surface area contributed by atoms with Crippen LogP contribution in [0.2, 0.25) is 0 Å². The summed E-state index contributed by atoms with van der Waals surface area (Å²) >= 11 is 3.68. The van der Waals surface area contributed by atoms with Crippen LogP contribution in [0.4, 0.5) is 0 Å². The number of benzene rings is 3. The lowest BCUT2D eigenvalue weighted by molar-refractivity contribution is -0.128. The lowest BCUT2D eigenvalue weighted by atomic mass is 9.84. The molecule has 1 aliphatic heterocycles. The number of rotatable bonds is 15. The van der Waals surface area contributed by atoms with Crippen molar-refractivity contribution in [2.45, 2.75) is 50.9 Å². The molecule has 0 saturated carbocycles. The summed E-state index contributed by atoms with van der Waals surface area (Å²) in [5, 5.41) is 12.2. The molecule has 4 rings (SSSR count). The Morgan fingerprint density at radius 2 is 1.79 bits per heavy atom. The molecule has 8 heteroatoms. The van der Waals surface area contributed by atoms with Gasteiger partial charge in [-0.25, -0.2) is 4.99 Å². The van der Waals surface area contributed by atoms with Crippen molar-refractivity contribution in [3.05, 3.63) is 106 Å². The third-order valence-electron chi connectivity index (χ3n) is 6.81. The summed E-state index contributed by atoms with van der Waals surface area (Å²) in [7, 11) is 0. The van der Waals surface area contributed by atoms with Crippen molar-refractivity contribution >= 4 is 33.8 Å². The largest absolute Gasteiger partial charge is 0.494 e. The van der Waals surface area contributed by atoms with Gasteiger partial charge in [-0.1, -0.05) is 76.6 Å². The van der Waals surface area contributed by atoms with E-state index in [2.05, 4.69) is 21.2 Å². The average Bonchev–Trinajstić information content (AvgIpc) is 3.38. The second kappa shape index (κ2) is 15.7. The number of amides is 1. The van der Waals surface area contributed by atoms with Gasteiger partial charge >= 0.3 is 0 Å². The molecule has 2 N–H and O–H groups in total. The lowest BCUT2D eigenvalue weighted by Gasteiger charge is -2.30. The quantitative estimate of drug-likeness (QED) is 0.186. The van der Waals surface area contributed by atoms with Gasteiger partial charge in [0.2, 0.25) is 5.90 Å². The number of halogens is 1. The molecule has 0 fully saturated rings. The summed E-state index contributed by atoms with van der Waals surface area (Å²) in [6.07, 6.45) is 5.04. The zero-order chi connectivity index (χ0) is 29.8. The zero-order valence-corrected chi connectivity index (χ0v) is 25.8. The predicted octanol–water partition coefficient (Wildman–Crippen LogP) is 6.50. The zero-order valence-electron chi connectivity index (χ0n) is 24.2. The van der Waals surface area contributed by atoms with Gasteiger partial charge in [0, 0.05) is 48.2 Å². The fraction of sp³-hybridized carbons (Fsp3) is 0.353. The fourth-order valence-electron chi connectivity index (χ4n) is 4.66. The van der Waals surface area contributed by atoms with Crippen LogP contribution in [0.1, 0.15) is 55.9 Å². The van der Waals surface area contributed by atoms with E-state index in [0.29, 0.717) is 50.7 Å². The number of hydrogen-bond acceptors (Lipinski definition) is 6. The van der Waals surface area contributed by atoms with Crippen LogP contribution in [0, 0.1) is 0 Å². The Morgan fingerprint density at radius 3 is 2.50 bits per heavy atom. The van der Waals surface area contributed by atoms with Gasteiger partial charge in [-0.3, -0.25) is 4.79 Å². The van der Waals surface area contributed by atoms with Crippen LogP contribution in [0.5, 0.6) is 5.75 Å². The fourth-order valence-corrected chi connectivity index (χ4v) is 5.16. The molecule has 3 aromatic rings. The number of aliphatic hydroxyl groups excluding tert-OH is 1. The van der Waals surface area contributed by atoms with Gasteiger partial charge in [-0.05, 0) is 56.2 Å².